The molecule has 0 aliphatic heterocycles. The van der Waals surface area contributed by atoms with Gasteiger partial charge in [-0.3, -0.25) is 0 Å². The van der Waals surface area contributed by atoms with E-state index in [9.17, 15) is 9.50 Å². The van der Waals surface area contributed by atoms with Crippen LogP contribution in [0.1, 0.15) is 37.4 Å². The average Bonchev–Trinajstić information content (AvgIpc) is 2.14. The summed E-state index contributed by atoms with van der Waals surface area (Å²) in [6, 6.07) is 4.21. The third-order valence-electron chi connectivity index (χ3n) is 3.24. The zero-order valence-electron chi connectivity index (χ0n) is 9.00. The van der Waals surface area contributed by atoms with Gasteiger partial charge in [0.2, 0.25) is 0 Å². The molecule has 2 nitrogen and oxygen atoms in total. The van der Waals surface area contributed by atoms with Gasteiger partial charge in [0.25, 0.3) is 0 Å². The summed E-state index contributed by atoms with van der Waals surface area (Å²) in [5.74, 6) is -0.245. The molecule has 0 spiro atoms. The average molecular weight is 209 g/mol. The third-order valence-corrected chi connectivity index (χ3v) is 3.24. The van der Waals surface area contributed by atoms with E-state index in [1.165, 1.54) is 12.1 Å². The van der Waals surface area contributed by atoms with E-state index in [-0.39, 0.29) is 11.2 Å². The fourth-order valence-electron chi connectivity index (χ4n) is 2.37. The highest BCUT2D eigenvalue weighted by molar-refractivity contribution is 5.39. The zero-order valence-corrected chi connectivity index (χ0v) is 9.00. The van der Waals surface area contributed by atoms with Gasteiger partial charge in [-0.15, -0.1) is 0 Å². The van der Waals surface area contributed by atoms with Crippen LogP contribution in [0.25, 0.3) is 0 Å². The minimum atomic E-state index is -0.544. The van der Waals surface area contributed by atoms with E-state index in [0.717, 1.165) is 11.1 Å². The van der Waals surface area contributed by atoms with Crippen molar-refractivity contribution in [3.63, 3.8) is 0 Å². The number of benzene rings is 1. The Kier molecular flexibility index (Phi) is 2.32. The predicted molar refractivity (Wildman–Crippen MR) is 57.0 cm³/mol. The molecule has 1 aromatic carbocycles. The van der Waals surface area contributed by atoms with Crippen molar-refractivity contribution in [3.8, 4) is 0 Å². The summed E-state index contributed by atoms with van der Waals surface area (Å²) >= 11 is 0. The molecule has 1 unspecified atom stereocenters. The minimum Gasteiger partial charge on any atom is -0.391 e. The van der Waals surface area contributed by atoms with E-state index in [0.29, 0.717) is 6.42 Å². The standard InChI is InChI=1S/C12H16FNO/c1-12(2)6-10(15)11(14)8-4-3-7(13)5-9(8)12/h3-5,10-11,15H,6,14H2,1-2H3/t10?,11-/m1/s1. The summed E-state index contributed by atoms with van der Waals surface area (Å²) in [5, 5.41) is 9.81. The predicted octanol–water partition coefficient (Wildman–Crippen LogP) is 1.87. The maximum Gasteiger partial charge on any atom is 0.123 e. The smallest absolute Gasteiger partial charge is 0.123 e. The highest BCUT2D eigenvalue weighted by Crippen LogP contribution is 2.40. The molecule has 0 radical (unpaired) electrons. The molecule has 0 aromatic heterocycles. The van der Waals surface area contributed by atoms with Crippen molar-refractivity contribution in [2.45, 2.75) is 37.8 Å². The van der Waals surface area contributed by atoms with Crippen LogP contribution in [-0.4, -0.2) is 11.2 Å². The maximum absolute atomic E-state index is 13.2. The van der Waals surface area contributed by atoms with Crippen LogP contribution in [0.3, 0.4) is 0 Å². The van der Waals surface area contributed by atoms with Gasteiger partial charge in [-0.25, -0.2) is 4.39 Å². The van der Waals surface area contributed by atoms with Crippen molar-refractivity contribution in [1.82, 2.24) is 0 Å². The second kappa shape index (κ2) is 3.29. The zero-order chi connectivity index (χ0) is 11.2. The molecule has 2 atom stereocenters. The van der Waals surface area contributed by atoms with Crippen molar-refractivity contribution >= 4 is 0 Å². The Hall–Kier alpha value is -0.930. The Morgan fingerprint density at radius 2 is 2.13 bits per heavy atom. The van der Waals surface area contributed by atoms with Crippen LogP contribution in [0.15, 0.2) is 18.2 Å². The largest absolute Gasteiger partial charge is 0.391 e. The Morgan fingerprint density at radius 1 is 1.47 bits per heavy atom. The van der Waals surface area contributed by atoms with Gasteiger partial charge >= 0.3 is 0 Å². The monoisotopic (exact) mass is 209 g/mol. The minimum absolute atomic E-state index is 0.216. The van der Waals surface area contributed by atoms with Gasteiger partial charge in [0.15, 0.2) is 0 Å². The molecular formula is C12H16FNO. The SMILES string of the molecule is CC1(C)CC(O)[C@H](N)c2ccc(F)cc21. The number of halogens is 1. The lowest BCUT2D eigenvalue weighted by molar-refractivity contribution is 0.0993. The van der Waals surface area contributed by atoms with Crippen LogP contribution in [0.5, 0.6) is 0 Å². The first-order chi connectivity index (χ1) is 6.92. The number of hydrogen-bond acceptors (Lipinski definition) is 2. The van der Waals surface area contributed by atoms with E-state index < -0.39 is 12.1 Å². The van der Waals surface area contributed by atoms with E-state index >= 15 is 0 Å². The van der Waals surface area contributed by atoms with Crippen molar-refractivity contribution in [1.29, 1.82) is 0 Å². The molecule has 3 N–H and O–H groups in total. The summed E-state index contributed by atoms with van der Waals surface area (Å²) in [5.41, 5.74) is 7.45. The third kappa shape index (κ3) is 1.66. The molecule has 15 heavy (non-hydrogen) atoms. The van der Waals surface area contributed by atoms with Crippen molar-refractivity contribution in [2.24, 2.45) is 5.73 Å². The van der Waals surface area contributed by atoms with Gasteiger partial charge in [-0.05, 0) is 35.1 Å². The first-order valence-corrected chi connectivity index (χ1v) is 5.15. The number of nitrogens with two attached hydrogens (primary N) is 1. The second-order valence-electron chi connectivity index (χ2n) is 4.91. The van der Waals surface area contributed by atoms with E-state index in [2.05, 4.69) is 0 Å². The lowest BCUT2D eigenvalue weighted by atomic mass is 9.70. The van der Waals surface area contributed by atoms with Crippen molar-refractivity contribution in [3.05, 3.63) is 35.1 Å². The Morgan fingerprint density at radius 3 is 2.80 bits per heavy atom. The van der Waals surface area contributed by atoms with Gasteiger partial charge in [-0.2, -0.15) is 0 Å². The fraction of sp³-hybridized carbons (Fsp3) is 0.500. The number of hydrogen-bond donors (Lipinski definition) is 2. The van der Waals surface area contributed by atoms with Gasteiger partial charge in [-0.1, -0.05) is 19.9 Å². The number of aliphatic hydroxyl groups is 1. The highest BCUT2D eigenvalue weighted by atomic mass is 19.1. The Labute approximate surface area is 88.9 Å². The van der Waals surface area contributed by atoms with Gasteiger partial charge in [0.05, 0.1) is 12.1 Å². The second-order valence-corrected chi connectivity index (χ2v) is 4.91. The maximum atomic E-state index is 13.2. The van der Waals surface area contributed by atoms with Gasteiger partial charge in [0.1, 0.15) is 5.82 Å². The molecule has 0 bridgehead atoms. The van der Waals surface area contributed by atoms with Gasteiger partial charge in [0, 0.05) is 0 Å². The van der Waals surface area contributed by atoms with E-state index in [1.807, 2.05) is 13.8 Å². The molecule has 2 rings (SSSR count). The van der Waals surface area contributed by atoms with Gasteiger partial charge < -0.3 is 10.8 Å². The number of rotatable bonds is 0. The van der Waals surface area contributed by atoms with Crippen LogP contribution >= 0.6 is 0 Å². The molecule has 0 heterocycles. The van der Waals surface area contributed by atoms with E-state index in [1.54, 1.807) is 6.07 Å². The summed E-state index contributed by atoms with van der Waals surface area (Å²) < 4.78 is 13.2. The molecule has 3 heteroatoms. The molecule has 82 valence electrons. The molecule has 1 aliphatic carbocycles. The molecule has 0 fully saturated rings. The molecule has 1 aliphatic rings. The van der Waals surface area contributed by atoms with Crippen molar-refractivity contribution < 1.29 is 9.50 Å². The molecule has 1 aromatic rings. The Balaban J connectivity index is 2.59. The summed E-state index contributed by atoms with van der Waals surface area (Å²) in [7, 11) is 0. The van der Waals surface area contributed by atoms with Crippen LogP contribution in [0, 0.1) is 5.82 Å². The highest BCUT2D eigenvalue weighted by Gasteiger charge is 2.36. The first kappa shape index (κ1) is 10.6. The topological polar surface area (TPSA) is 46.2 Å². The number of fused-ring (bicyclic) bond motifs is 1. The molecular weight excluding hydrogens is 193 g/mol. The van der Waals surface area contributed by atoms with Crippen LogP contribution in [0.4, 0.5) is 4.39 Å². The number of aliphatic hydroxyl groups excluding tert-OH is 1. The quantitative estimate of drug-likeness (QED) is 0.685. The molecule has 0 amide bonds. The molecule has 0 saturated heterocycles. The lowest BCUT2D eigenvalue weighted by Crippen LogP contribution is -2.39. The van der Waals surface area contributed by atoms with E-state index in [4.69, 9.17) is 5.73 Å². The van der Waals surface area contributed by atoms with Crippen molar-refractivity contribution in [2.75, 3.05) is 0 Å². The molecule has 0 saturated carbocycles. The first-order valence-electron chi connectivity index (χ1n) is 5.15. The normalized spacial score (nSPS) is 28.6. The summed E-state index contributed by atoms with van der Waals surface area (Å²) in [4.78, 5) is 0. The lowest BCUT2D eigenvalue weighted by Gasteiger charge is -2.38. The Bertz CT molecular complexity index is 389. The van der Waals surface area contributed by atoms with Crippen LogP contribution in [-0.2, 0) is 5.41 Å². The van der Waals surface area contributed by atoms with Crippen LogP contribution in [0.2, 0.25) is 0 Å². The summed E-state index contributed by atoms with van der Waals surface area (Å²) in [6.45, 7) is 4.00. The fourth-order valence-corrected chi connectivity index (χ4v) is 2.37. The summed E-state index contributed by atoms with van der Waals surface area (Å²) in [6.07, 6.45) is 0.0305. The van der Waals surface area contributed by atoms with Crippen LogP contribution < -0.4 is 5.73 Å².